The van der Waals surface area contributed by atoms with E-state index < -0.39 is 17.8 Å². The highest BCUT2D eigenvalue weighted by Gasteiger charge is 2.16. The number of halogens is 1. The molecule has 0 saturated heterocycles. The first-order chi connectivity index (χ1) is 32.5. The van der Waals surface area contributed by atoms with Crippen LogP contribution in [0.1, 0.15) is 189 Å². The molecule has 3 aromatic rings. The summed E-state index contributed by atoms with van der Waals surface area (Å²) in [6.07, 6.45) is 27.7. The van der Waals surface area contributed by atoms with Gasteiger partial charge in [0.05, 0.1) is 37.6 Å². The molecule has 0 saturated carbocycles. The molecule has 3 rings (SSSR count). The molecule has 0 bridgehead atoms. The van der Waals surface area contributed by atoms with Gasteiger partial charge in [-0.05, 0) is 100 Å². The van der Waals surface area contributed by atoms with Gasteiger partial charge in [0, 0.05) is 17.2 Å². The van der Waals surface area contributed by atoms with Crippen molar-refractivity contribution < 1.29 is 52.0 Å². The summed E-state index contributed by atoms with van der Waals surface area (Å²) in [7, 11) is 0. The zero-order chi connectivity index (χ0) is 48.3. The molecule has 0 spiro atoms. The normalized spacial score (nSPS) is 10.9. The van der Waals surface area contributed by atoms with Crippen LogP contribution in [0, 0.1) is 5.82 Å². The Morgan fingerprint density at radius 2 is 0.701 bits per heavy atom. The minimum Gasteiger partial charge on any atom is -0.494 e. The number of benzene rings is 3. The zero-order valence-electron chi connectivity index (χ0n) is 40.5. The van der Waals surface area contributed by atoms with Crippen molar-refractivity contribution in [2.75, 3.05) is 26.4 Å². The molecule has 0 radical (unpaired) electrons. The number of carbonyl (C=O) groups is 4. The fourth-order valence-corrected chi connectivity index (χ4v) is 7.23. The minimum atomic E-state index is -0.841. The van der Waals surface area contributed by atoms with E-state index in [4.69, 9.17) is 28.4 Å². The molecule has 0 atom stereocenters. The Kier molecular flexibility index (Phi) is 29.0. The molecule has 0 fully saturated rings. The molecule has 3 aromatic carbocycles. The Labute approximate surface area is 400 Å². The molecule has 11 heteroatoms. The predicted molar refractivity (Wildman–Crippen MR) is 263 cm³/mol. The van der Waals surface area contributed by atoms with Crippen LogP contribution in [0.3, 0.4) is 0 Å². The van der Waals surface area contributed by atoms with Crippen molar-refractivity contribution in [3.8, 4) is 23.0 Å². The molecule has 368 valence electrons. The largest absolute Gasteiger partial charge is 0.494 e. The highest BCUT2D eigenvalue weighted by Crippen LogP contribution is 2.26. The maximum atomic E-state index is 14.9. The third kappa shape index (κ3) is 25.9. The van der Waals surface area contributed by atoms with Gasteiger partial charge in [-0.1, -0.05) is 142 Å². The predicted octanol–water partition coefficient (Wildman–Crippen LogP) is 14.6. The molecule has 0 heterocycles. The first kappa shape index (κ1) is 55.9. The fraction of sp³-hybridized carbons (Fsp3) is 0.536. The van der Waals surface area contributed by atoms with Crippen LogP contribution in [-0.4, -0.2) is 50.3 Å². The summed E-state index contributed by atoms with van der Waals surface area (Å²) in [5.74, 6) is -1.82. The van der Waals surface area contributed by atoms with Crippen molar-refractivity contribution in [3.05, 3.63) is 108 Å². The quantitative estimate of drug-likeness (QED) is 0.0237. The van der Waals surface area contributed by atoms with Crippen LogP contribution in [0.4, 0.5) is 4.39 Å². The van der Waals surface area contributed by atoms with Gasteiger partial charge in [-0.25, -0.2) is 23.6 Å². The number of esters is 4. The Hall–Kier alpha value is -5.45. The summed E-state index contributed by atoms with van der Waals surface area (Å²) in [5, 5.41) is 0. The van der Waals surface area contributed by atoms with Crippen molar-refractivity contribution in [3.63, 3.8) is 0 Å². The third-order valence-electron chi connectivity index (χ3n) is 11.3. The van der Waals surface area contributed by atoms with E-state index in [-0.39, 0.29) is 34.6 Å². The van der Waals surface area contributed by atoms with Crippen molar-refractivity contribution >= 4 is 23.9 Å². The topological polar surface area (TPSA) is 124 Å². The summed E-state index contributed by atoms with van der Waals surface area (Å²) in [5.41, 5.74) is 1.43. The molecule has 67 heavy (non-hydrogen) atoms. The average molecular weight is 929 g/mol. The summed E-state index contributed by atoms with van der Waals surface area (Å²) >= 11 is 0. The average Bonchev–Trinajstić information content (AvgIpc) is 3.32. The highest BCUT2D eigenvalue weighted by atomic mass is 19.1. The molecule has 0 amide bonds. The number of unbranched alkanes of at least 4 members (excludes halogenated alkanes) is 22. The Morgan fingerprint density at radius 3 is 1.03 bits per heavy atom. The molecule has 0 aromatic heterocycles. The van der Waals surface area contributed by atoms with Gasteiger partial charge in [-0.15, -0.1) is 0 Å². The van der Waals surface area contributed by atoms with E-state index in [1.54, 1.807) is 62.4 Å². The lowest BCUT2D eigenvalue weighted by Gasteiger charge is -2.10. The lowest BCUT2D eigenvalue weighted by Crippen LogP contribution is -2.11. The maximum Gasteiger partial charge on any atom is 0.343 e. The number of carbonyl (C=O) groups excluding carboxylic acids is 4. The van der Waals surface area contributed by atoms with Gasteiger partial charge in [0.1, 0.15) is 17.2 Å². The minimum absolute atomic E-state index is 0.0202. The molecule has 0 aliphatic carbocycles. The van der Waals surface area contributed by atoms with Crippen LogP contribution in [0.15, 0.2) is 91.0 Å². The third-order valence-corrected chi connectivity index (χ3v) is 11.3. The smallest absolute Gasteiger partial charge is 0.343 e. The summed E-state index contributed by atoms with van der Waals surface area (Å²) in [6.45, 7) is 12.6. The molecule has 0 unspecified atom stereocenters. The van der Waals surface area contributed by atoms with Crippen LogP contribution in [0.2, 0.25) is 0 Å². The van der Waals surface area contributed by atoms with Crippen LogP contribution in [0.5, 0.6) is 23.0 Å². The van der Waals surface area contributed by atoms with Crippen molar-refractivity contribution in [2.45, 2.75) is 168 Å². The van der Waals surface area contributed by atoms with E-state index in [0.29, 0.717) is 49.1 Å². The Balaban J connectivity index is 1.18. The number of hydrogen-bond acceptors (Lipinski definition) is 10. The SMILES string of the molecule is C=C(C)C(=O)OCCCCCCCCCCCCCCOc1ccc(C(=O)Oc2ccc(OC(=O)c3ccc(OCCCCCCCCCCCCCCOC(=O)C(=C)C)cc3)c(F)c2)cc1. The van der Waals surface area contributed by atoms with Crippen LogP contribution in [-0.2, 0) is 19.1 Å². The number of hydrogen-bond donors (Lipinski definition) is 0. The van der Waals surface area contributed by atoms with E-state index in [0.717, 1.165) is 57.4 Å². The Bertz CT molecular complexity index is 1910. The standard InChI is InChI=1S/C56H77FO10/c1-44(2)53(58)64-41-27-23-19-15-11-7-5-9-13-17-21-25-39-62-48-33-29-46(30-34-48)55(60)66-50-37-38-52(51(57)43-50)67-56(61)47-31-35-49(36-32-47)63-40-26-22-18-14-10-6-8-12-16-20-24-28-42-65-54(59)45(3)4/h29-38,43H,1,3,5-28,39-42H2,2,4H3. The van der Waals surface area contributed by atoms with E-state index in [2.05, 4.69) is 13.2 Å². The van der Waals surface area contributed by atoms with Gasteiger partial charge in [0.25, 0.3) is 0 Å². The molecule has 0 N–H and O–H groups in total. The summed E-state index contributed by atoms with van der Waals surface area (Å²) in [4.78, 5) is 48.3. The van der Waals surface area contributed by atoms with Gasteiger partial charge in [0.2, 0.25) is 0 Å². The Morgan fingerprint density at radius 1 is 0.403 bits per heavy atom. The van der Waals surface area contributed by atoms with E-state index in [1.165, 1.54) is 115 Å². The monoisotopic (exact) mass is 929 g/mol. The summed E-state index contributed by atoms with van der Waals surface area (Å²) in [6, 6.07) is 16.8. The number of ether oxygens (including phenoxy) is 6. The molecule has 0 aliphatic rings. The number of rotatable bonds is 38. The van der Waals surface area contributed by atoms with Crippen LogP contribution < -0.4 is 18.9 Å². The highest BCUT2D eigenvalue weighted by molar-refractivity contribution is 5.92. The van der Waals surface area contributed by atoms with Crippen molar-refractivity contribution in [2.24, 2.45) is 0 Å². The summed E-state index contributed by atoms with van der Waals surface area (Å²) < 4.78 is 47.6. The van der Waals surface area contributed by atoms with Crippen molar-refractivity contribution in [1.29, 1.82) is 0 Å². The van der Waals surface area contributed by atoms with E-state index in [1.807, 2.05) is 0 Å². The van der Waals surface area contributed by atoms with E-state index in [9.17, 15) is 23.6 Å². The first-order valence-corrected chi connectivity index (χ1v) is 24.9. The molecule has 10 nitrogen and oxygen atoms in total. The maximum absolute atomic E-state index is 14.9. The van der Waals surface area contributed by atoms with Gasteiger partial charge in [0.15, 0.2) is 11.6 Å². The fourth-order valence-electron chi connectivity index (χ4n) is 7.23. The second-order valence-electron chi connectivity index (χ2n) is 17.4. The second-order valence-corrected chi connectivity index (χ2v) is 17.4. The second kappa shape index (κ2) is 34.8. The molecular formula is C56H77FO10. The van der Waals surface area contributed by atoms with Gasteiger partial charge >= 0.3 is 23.9 Å². The zero-order valence-corrected chi connectivity index (χ0v) is 40.5. The first-order valence-electron chi connectivity index (χ1n) is 24.9. The lowest BCUT2D eigenvalue weighted by molar-refractivity contribution is -0.139. The van der Waals surface area contributed by atoms with Gasteiger partial charge < -0.3 is 28.4 Å². The lowest BCUT2D eigenvalue weighted by atomic mass is 10.1. The van der Waals surface area contributed by atoms with Crippen LogP contribution >= 0.6 is 0 Å². The van der Waals surface area contributed by atoms with E-state index >= 15 is 0 Å². The van der Waals surface area contributed by atoms with Crippen molar-refractivity contribution in [1.82, 2.24) is 0 Å². The van der Waals surface area contributed by atoms with Gasteiger partial charge in [-0.3, -0.25) is 0 Å². The van der Waals surface area contributed by atoms with Crippen LogP contribution in [0.25, 0.3) is 0 Å². The molecule has 0 aliphatic heterocycles. The molecular weight excluding hydrogens is 852 g/mol. The van der Waals surface area contributed by atoms with Gasteiger partial charge in [-0.2, -0.15) is 0 Å².